The molecule has 0 aliphatic rings. The first-order valence-electron chi connectivity index (χ1n) is 4.61. The molecule has 0 aliphatic carbocycles. The fourth-order valence-corrected chi connectivity index (χ4v) is 1.58. The van der Waals surface area contributed by atoms with Crippen molar-refractivity contribution in [2.24, 2.45) is 0 Å². The summed E-state index contributed by atoms with van der Waals surface area (Å²) in [7, 11) is 0. The van der Waals surface area contributed by atoms with Crippen molar-refractivity contribution in [2.45, 2.75) is 18.2 Å². The molecule has 0 bridgehead atoms. The highest BCUT2D eigenvalue weighted by atomic mass is 79.9. The van der Waals surface area contributed by atoms with Crippen LogP contribution in [0.4, 0.5) is 0 Å². The van der Waals surface area contributed by atoms with Crippen LogP contribution in [-0.4, -0.2) is 13.2 Å². The van der Waals surface area contributed by atoms with E-state index in [1.165, 1.54) is 5.56 Å². The van der Waals surface area contributed by atoms with Crippen molar-refractivity contribution in [1.29, 1.82) is 0 Å². The summed E-state index contributed by atoms with van der Waals surface area (Å²) < 4.78 is 5.45. The first-order chi connectivity index (χ1) is 6.34. The van der Waals surface area contributed by atoms with Gasteiger partial charge in [0.15, 0.2) is 0 Å². The molecule has 1 rings (SSSR count). The van der Waals surface area contributed by atoms with E-state index in [1.807, 2.05) is 18.2 Å². The van der Waals surface area contributed by atoms with Gasteiger partial charge in [0.1, 0.15) is 0 Å². The van der Waals surface area contributed by atoms with E-state index < -0.39 is 0 Å². The molecule has 1 nitrogen and oxygen atoms in total. The van der Waals surface area contributed by atoms with Crippen LogP contribution in [0.5, 0.6) is 0 Å². The molecule has 13 heavy (non-hydrogen) atoms. The molecule has 0 aromatic heterocycles. The number of rotatable bonds is 5. The lowest BCUT2D eigenvalue weighted by molar-refractivity contribution is 0.137. The average Bonchev–Trinajstić information content (AvgIpc) is 2.19. The van der Waals surface area contributed by atoms with Crippen molar-refractivity contribution < 1.29 is 4.74 Å². The van der Waals surface area contributed by atoms with Gasteiger partial charge in [-0.15, -0.1) is 0 Å². The van der Waals surface area contributed by atoms with E-state index in [4.69, 9.17) is 4.74 Å². The van der Waals surface area contributed by atoms with Crippen LogP contribution in [0.15, 0.2) is 30.3 Å². The zero-order valence-corrected chi connectivity index (χ0v) is 9.46. The normalized spacial score (nSPS) is 12.8. The summed E-state index contributed by atoms with van der Waals surface area (Å²) in [6.45, 7) is 3.71. The van der Waals surface area contributed by atoms with E-state index in [-0.39, 0.29) is 0 Å². The SMILES string of the molecule is CCCOCC(Br)c1ccccc1. The highest BCUT2D eigenvalue weighted by Crippen LogP contribution is 2.22. The summed E-state index contributed by atoms with van der Waals surface area (Å²) in [4.78, 5) is 0.320. The lowest BCUT2D eigenvalue weighted by Gasteiger charge is -2.09. The number of halogens is 1. The lowest BCUT2D eigenvalue weighted by atomic mass is 10.2. The van der Waals surface area contributed by atoms with Crippen LogP contribution in [0.2, 0.25) is 0 Å². The van der Waals surface area contributed by atoms with Gasteiger partial charge in [0.25, 0.3) is 0 Å². The summed E-state index contributed by atoms with van der Waals surface area (Å²) in [5, 5.41) is 0. The molecule has 0 N–H and O–H groups in total. The standard InChI is InChI=1S/C11H15BrO/c1-2-8-13-9-11(12)10-6-4-3-5-7-10/h3-7,11H,2,8-9H2,1H3. The molecule has 0 amide bonds. The van der Waals surface area contributed by atoms with Crippen LogP contribution in [0.1, 0.15) is 23.7 Å². The van der Waals surface area contributed by atoms with Gasteiger partial charge in [0.2, 0.25) is 0 Å². The Labute approximate surface area is 88.2 Å². The van der Waals surface area contributed by atoms with Gasteiger partial charge in [-0.1, -0.05) is 53.2 Å². The monoisotopic (exact) mass is 242 g/mol. The number of benzene rings is 1. The van der Waals surface area contributed by atoms with Gasteiger partial charge in [0, 0.05) is 6.61 Å². The van der Waals surface area contributed by atoms with Gasteiger partial charge in [-0.25, -0.2) is 0 Å². The van der Waals surface area contributed by atoms with Crippen molar-refractivity contribution >= 4 is 15.9 Å². The average molecular weight is 243 g/mol. The maximum absolute atomic E-state index is 5.45. The summed E-state index contributed by atoms with van der Waals surface area (Å²) in [5.74, 6) is 0. The third-order valence-corrected chi connectivity index (χ3v) is 2.57. The molecule has 0 saturated carbocycles. The number of hydrogen-bond donors (Lipinski definition) is 0. The van der Waals surface area contributed by atoms with E-state index in [0.717, 1.165) is 19.6 Å². The minimum Gasteiger partial charge on any atom is -0.380 e. The van der Waals surface area contributed by atoms with Crippen LogP contribution < -0.4 is 0 Å². The molecule has 0 radical (unpaired) electrons. The molecule has 0 spiro atoms. The topological polar surface area (TPSA) is 9.23 Å². The largest absolute Gasteiger partial charge is 0.380 e. The Morgan fingerprint density at radius 3 is 2.62 bits per heavy atom. The van der Waals surface area contributed by atoms with E-state index in [1.54, 1.807) is 0 Å². The summed E-state index contributed by atoms with van der Waals surface area (Å²) in [6.07, 6.45) is 1.08. The smallest absolute Gasteiger partial charge is 0.0632 e. The first kappa shape index (κ1) is 10.7. The van der Waals surface area contributed by atoms with Gasteiger partial charge < -0.3 is 4.74 Å². The number of alkyl halides is 1. The zero-order valence-electron chi connectivity index (χ0n) is 7.87. The Morgan fingerprint density at radius 1 is 1.31 bits per heavy atom. The van der Waals surface area contributed by atoms with Crippen LogP contribution in [0.3, 0.4) is 0 Å². The van der Waals surface area contributed by atoms with E-state index in [2.05, 4.69) is 35.0 Å². The first-order valence-corrected chi connectivity index (χ1v) is 5.53. The Morgan fingerprint density at radius 2 is 2.00 bits per heavy atom. The molecule has 1 atom stereocenters. The maximum Gasteiger partial charge on any atom is 0.0632 e. The van der Waals surface area contributed by atoms with Crippen molar-refractivity contribution in [3.8, 4) is 0 Å². The minimum atomic E-state index is 0.320. The van der Waals surface area contributed by atoms with E-state index in [9.17, 15) is 0 Å². The van der Waals surface area contributed by atoms with Crippen molar-refractivity contribution in [3.05, 3.63) is 35.9 Å². The van der Waals surface area contributed by atoms with Gasteiger partial charge in [-0.3, -0.25) is 0 Å². The summed E-state index contributed by atoms with van der Waals surface area (Å²) >= 11 is 3.59. The Kier molecular flexibility index (Phi) is 5.09. The summed E-state index contributed by atoms with van der Waals surface area (Å²) in [5.41, 5.74) is 1.28. The van der Waals surface area contributed by atoms with Crippen LogP contribution in [-0.2, 0) is 4.74 Å². The predicted octanol–water partition coefficient (Wildman–Crippen LogP) is 3.55. The zero-order chi connectivity index (χ0) is 9.52. The molecule has 1 aromatic carbocycles. The molecular formula is C11H15BrO. The quantitative estimate of drug-likeness (QED) is 0.567. The second-order valence-corrected chi connectivity index (χ2v) is 4.06. The van der Waals surface area contributed by atoms with Crippen LogP contribution >= 0.6 is 15.9 Å². The Balaban J connectivity index is 2.35. The highest BCUT2D eigenvalue weighted by molar-refractivity contribution is 9.09. The van der Waals surface area contributed by atoms with Crippen LogP contribution in [0.25, 0.3) is 0 Å². The fraction of sp³-hybridized carbons (Fsp3) is 0.455. The molecule has 2 heteroatoms. The van der Waals surface area contributed by atoms with E-state index in [0.29, 0.717) is 4.83 Å². The molecule has 0 aliphatic heterocycles. The van der Waals surface area contributed by atoms with Crippen molar-refractivity contribution in [1.82, 2.24) is 0 Å². The van der Waals surface area contributed by atoms with Gasteiger partial charge >= 0.3 is 0 Å². The third-order valence-electron chi connectivity index (χ3n) is 1.77. The van der Waals surface area contributed by atoms with Crippen molar-refractivity contribution in [3.63, 3.8) is 0 Å². The van der Waals surface area contributed by atoms with Crippen LogP contribution in [0, 0.1) is 0 Å². The highest BCUT2D eigenvalue weighted by Gasteiger charge is 2.05. The maximum atomic E-state index is 5.45. The summed E-state index contributed by atoms with van der Waals surface area (Å²) in [6, 6.07) is 10.3. The molecule has 1 aromatic rings. The van der Waals surface area contributed by atoms with Gasteiger partial charge in [-0.2, -0.15) is 0 Å². The van der Waals surface area contributed by atoms with Gasteiger partial charge in [-0.05, 0) is 12.0 Å². The van der Waals surface area contributed by atoms with Gasteiger partial charge in [0.05, 0.1) is 11.4 Å². The molecule has 1 unspecified atom stereocenters. The molecule has 0 fully saturated rings. The van der Waals surface area contributed by atoms with Crippen molar-refractivity contribution in [2.75, 3.05) is 13.2 Å². The Bertz CT molecular complexity index is 223. The fourth-order valence-electron chi connectivity index (χ4n) is 1.09. The molecule has 72 valence electrons. The molecule has 0 heterocycles. The number of ether oxygens (including phenoxy) is 1. The second-order valence-electron chi connectivity index (χ2n) is 2.95. The van der Waals surface area contributed by atoms with E-state index >= 15 is 0 Å². The lowest BCUT2D eigenvalue weighted by Crippen LogP contribution is -2.02. The minimum absolute atomic E-state index is 0.320. The predicted molar refractivity (Wildman–Crippen MR) is 59.2 cm³/mol. The third kappa shape index (κ3) is 3.92. The number of hydrogen-bond acceptors (Lipinski definition) is 1. The Hall–Kier alpha value is -0.340. The molecule has 0 saturated heterocycles. The molecular weight excluding hydrogens is 228 g/mol. The second kappa shape index (κ2) is 6.17.